The molecule has 0 saturated carbocycles. The van der Waals surface area contributed by atoms with Gasteiger partial charge in [0.05, 0.1) is 7.11 Å². The smallest absolute Gasteiger partial charge is 0.272 e. The summed E-state index contributed by atoms with van der Waals surface area (Å²) in [7, 11) is 1.68. The molecule has 1 N–H and O–H groups in total. The number of halogens is 1. The number of hydrogen-bond donors (Lipinski definition) is 1. The van der Waals surface area contributed by atoms with Gasteiger partial charge in [0.15, 0.2) is 0 Å². The fourth-order valence-corrected chi connectivity index (χ4v) is 4.62. The molecule has 4 aromatic rings. The molecule has 0 aliphatic carbocycles. The van der Waals surface area contributed by atoms with Gasteiger partial charge in [0.25, 0.3) is 5.56 Å². The van der Waals surface area contributed by atoms with Crippen LogP contribution in [-0.4, -0.2) is 38.3 Å². The summed E-state index contributed by atoms with van der Waals surface area (Å²) in [6, 6.07) is 23.8. The highest BCUT2D eigenvalue weighted by atomic mass is 35.5. The summed E-state index contributed by atoms with van der Waals surface area (Å²) < 4.78 is 5.37. The van der Waals surface area contributed by atoms with Crippen LogP contribution >= 0.6 is 11.6 Å². The molecule has 1 aromatic heterocycles. The van der Waals surface area contributed by atoms with Crippen molar-refractivity contribution in [3.05, 3.63) is 88.2 Å². The van der Waals surface area contributed by atoms with E-state index in [1.165, 1.54) is 0 Å². The van der Waals surface area contributed by atoms with Gasteiger partial charge in [-0.2, -0.15) is 0 Å². The van der Waals surface area contributed by atoms with Crippen LogP contribution in [0.1, 0.15) is 0 Å². The van der Waals surface area contributed by atoms with Gasteiger partial charge in [0.2, 0.25) is 0 Å². The lowest BCUT2D eigenvalue weighted by molar-refractivity contribution is 0.414. The number of ether oxygens (including phenoxy) is 1. The molecule has 5 rings (SSSR count). The Morgan fingerprint density at radius 2 is 1.62 bits per heavy atom. The first-order chi connectivity index (χ1) is 15.6. The first kappa shape index (κ1) is 20.5. The summed E-state index contributed by atoms with van der Waals surface area (Å²) in [4.78, 5) is 20.9. The molecule has 1 aliphatic heterocycles. The van der Waals surface area contributed by atoms with Crippen molar-refractivity contribution in [3.63, 3.8) is 0 Å². The van der Waals surface area contributed by atoms with Crippen LogP contribution < -0.4 is 20.1 Å². The molecule has 0 unspecified atom stereocenters. The Morgan fingerprint density at radius 3 is 2.38 bits per heavy atom. The number of methoxy groups -OCH3 is 1. The number of H-pyrrole nitrogens is 1. The Balaban J connectivity index is 1.55. The van der Waals surface area contributed by atoms with E-state index in [0.29, 0.717) is 10.7 Å². The zero-order chi connectivity index (χ0) is 22.1. The number of aromatic nitrogens is 1. The average Bonchev–Trinajstić information content (AvgIpc) is 2.84. The first-order valence-corrected chi connectivity index (χ1v) is 11.1. The molecule has 0 atom stereocenters. The lowest BCUT2D eigenvalue weighted by atomic mass is 9.98. The minimum absolute atomic E-state index is 0.0755. The second-order valence-corrected chi connectivity index (χ2v) is 8.35. The van der Waals surface area contributed by atoms with E-state index < -0.39 is 0 Å². The normalized spacial score (nSPS) is 14.1. The van der Waals surface area contributed by atoms with E-state index in [4.69, 9.17) is 16.3 Å². The number of nitrogens with zero attached hydrogens (tertiary/aromatic N) is 2. The van der Waals surface area contributed by atoms with Crippen LogP contribution in [0.15, 0.2) is 77.6 Å². The molecular weight excluding hydrogens is 422 g/mol. The highest BCUT2D eigenvalue weighted by molar-refractivity contribution is 6.31. The molecule has 6 heteroatoms. The number of hydrogen-bond acceptors (Lipinski definition) is 4. The highest BCUT2D eigenvalue weighted by Gasteiger charge is 2.24. The van der Waals surface area contributed by atoms with E-state index in [1.54, 1.807) is 13.2 Å². The third kappa shape index (κ3) is 3.80. The number of anilines is 2. The molecule has 0 amide bonds. The Bertz CT molecular complexity index is 1310. The summed E-state index contributed by atoms with van der Waals surface area (Å²) >= 11 is 6.35. The quantitative estimate of drug-likeness (QED) is 0.470. The second kappa shape index (κ2) is 8.60. The molecule has 5 nitrogen and oxygen atoms in total. The zero-order valence-electron chi connectivity index (χ0n) is 17.8. The molecule has 0 spiro atoms. The molecule has 32 heavy (non-hydrogen) atoms. The Labute approximate surface area is 191 Å². The Kier molecular flexibility index (Phi) is 5.50. The fraction of sp³-hybridized carbons (Fsp3) is 0.192. The molecule has 162 valence electrons. The molecular formula is C26H24ClN3O2. The van der Waals surface area contributed by atoms with Crippen molar-refractivity contribution >= 4 is 33.9 Å². The van der Waals surface area contributed by atoms with Crippen molar-refractivity contribution in [1.29, 1.82) is 0 Å². The largest absolute Gasteiger partial charge is 0.497 e. The number of nitrogens with one attached hydrogen (secondary N) is 1. The van der Waals surface area contributed by atoms with Crippen LogP contribution in [0.3, 0.4) is 0 Å². The summed E-state index contributed by atoms with van der Waals surface area (Å²) in [6.07, 6.45) is 0. The number of fused-ring (bicyclic) bond motifs is 1. The SMILES string of the molecule is COc1cccc(N2CCN(c3c(-c4ccccc4)c4cc(Cl)ccc4[nH]c3=O)CC2)c1. The summed E-state index contributed by atoms with van der Waals surface area (Å²) in [5.74, 6) is 0.846. The topological polar surface area (TPSA) is 48.6 Å². The number of piperazine rings is 1. The maximum Gasteiger partial charge on any atom is 0.272 e. The predicted octanol–water partition coefficient (Wildman–Crippen LogP) is 5.18. The summed E-state index contributed by atoms with van der Waals surface area (Å²) in [5.41, 5.74) is 4.49. The molecule has 1 aliphatic rings. The third-order valence-corrected chi connectivity index (χ3v) is 6.26. The van der Waals surface area contributed by atoms with Crippen LogP contribution in [0.2, 0.25) is 5.02 Å². The lowest BCUT2D eigenvalue weighted by Crippen LogP contribution is -2.48. The summed E-state index contributed by atoms with van der Waals surface area (Å²) in [6.45, 7) is 3.11. The van der Waals surface area contributed by atoms with Gasteiger partial charge in [0, 0.05) is 59.4 Å². The first-order valence-electron chi connectivity index (χ1n) is 10.7. The van der Waals surface area contributed by atoms with Crippen LogP contribution in [0.25, 0.3) is 22.0 Å². The minimum Gasteiger partial charge on any atom is -0.497 e. The van der Waals surface area contributed by atoms with E-state index in [-0.39, 0.29) is 5.56 Å². The minimum atomic E-state index is -0.0755. The Hall–Kier alpha value is -3.44. The predicted molar refractivity (Wildman–Crippen MR) is 132 cm³/mol. The molecule has 3 aromatic carbocycles. The third-order valence-electron chi connectivity index (χ3n) is 6.03. The van der Waals surface area contributed by atoms with Gasteiger partial charge in [-0.3, -0.25) is 4.79 Å². The summed E-state index contributed by atoms with van der Waals surface area (Å²) in [5, 5.41) is 1.60. The number of pyridine rings is 1. The lowest BCUT2D eigenvalue weighted by Gasteiger charge is -2.38. The van der Waals surface area contributed by atoms with Gasteiger partial charge in [-0.05, 0) is 35.9 Å². The van der Waals surface area contributed by atoms with Crippen molar-refractivity contribution < 1.29 is 4.74 Å². The van der Waals surface area contributed by atoms with Gasteiger partial charge in [-0.25, -0.2) is 0 Å². The number of rotatable bonds is 4. The van der Waals surface area contributed by atoms with E-state index in [9.17, 15) is 4.79 Å². The second-order valence-electron chi connectivity index (χ2n) is 7.91. The van der Waals surface area contributed by atoms with E-state index in [1.807, 2.05) is 54.6 Å². The fourth-order valence-electron chi connectivity index (χ4n) is 4.45. The van der Waals surface area contributed by atoms with Crippen molar-refractivity contribution in [3.8, 4) is 16.9 Å². The number of benzene rings is 3. The van der Waals surface area contributed by atoms with Crippen LogP contribution in [0.5, 0.6) is 5.75 Å². The number of aromatic amines is 1. The molecule has 0 bridgehead atoms. The molecule has 1 fully saturated rings. The standard InChI is InChI=1S/C26H24ClN3O2/c1-32-21-9-5-8-20(17-21)29-12-14-30(15-13-29)25-24(18-6-3-2-4-7-18)22-16-19(27)10-11-23(22)28-26(25)31/h2-11,16-17H,12-15H2,1H3,(H,28,31). The van der Waals surface area contributed by atoms with Crippen LogP contribution in [-0.2, 0) is 0 Å². The molecule has 2 heterocycles. The van der Waals surface area contributed by atoms with Gasteiger partial charge in [-0.15, -0.1) is 0 Å². The molecule has 1 saturated heterocycles. The van der Waals surface area contributed by atoms with Crippen molar-refractivity contribution in [2.75, 3.05) is 43.1 Å². The van der Waals surface area contributed by atoms with Crippen LogP contribution in [0.4, 0.5) is 11.4 Å². The van der Waals surface area contributed by atoms with Gasteiger partial charge < -0.3 is 19.5 Å². The van der Waals surface area contributed by atoms with Crippen LogP contribution in [0, 0.1) is 0 Å². The van der Waals surface area contributed by atoms with E-state index in [0.717, 1.165) is 59.6 Å². The zero-order valence-corrected chi connectivity index (χ0v) is 18.6. The monoisotopic (exact) mass is 445 g/mol. The maximum absolute atomic E-state index is 13.3. The van der Waals surface area contributed by atoms with Crippen molar-refractivity contribution in [2.24, 2.45) is 0 Å². The molecule has 0 radical (unpaired) electrons. The van der Waals surface area contributed by atoms with Crippen molar-refractivity contribution in [1.82, 2.24) is 4.98 Å². The van der Waals surface area contributed by atoms with E-state index >= 15 is 0 Å². The van der Waals surface area contributed by atoms with E-state index in [2.05, 4.69) is 26.9 Å². The van der Waals surface area contributed by atoms with Gasteiger partial charge in [0.1, 0.15) is 11.4 Å². The highest BCUT2D eigenvalue weighted by Crippen LogP contribution is 2.36. The van der Waals surface area contributed by atoms with Gasteiger partial charge in [-0.1, -0.05) is 48.0 Å². The van der Waals surface area contributed by atoms with Gasteiger partial charge >= 0.3 is 0 Å². The maximum atomic E-state index is 13.3. The van der Waals surface area contributed by atoms with Crippen molar-refractivity contribution in [2.45, 2.75) is 0 Å². The Morgan fingerprint density at radius 1 is 0.875 bits per heavy atom. The average molecular weight is 446 g/mol.